The van der Waals surface area contributed by atoms with Gasteiger partial charge in [-0.3, -0.25) is 9.59 Å². The van der Waals surface area contributed by atoms with E-state index in [1.165, 1.54) is 12.0 Å². The quantitative estimate of drug-likeness (QED) is 0.808. The van der Waals surface area contributed by atoms with Crippen molar-refractivity contribution in [2.75, 3.05) is 27.8 Å². The maximum atomic E-state index is 12.5. The van der Waals surface area contributed by atoms with Crippen LogP contribution < -0.4 is 4.74 Å². The minimum absolute atomic E-state index is 0.0815. The average Bonchev–Trinajstić information content (AvgIpc) is 2.52. The first-order valence-corrected chi connectivity index (χ1v) is 6.46. The molecule has 2 aromatic rings. The van der Waals surface area contributed by atoms with Gasteiger partial charge in [-0.15, -0.1) is 0 Å². The minimum atomic E-state index is -0.451. The number of rotatable bonds is 4. The monoisotopic (exact) mass is 287 g/mol. The van der Waals surface area contributed by atoms with Crippen LogP contribution in [0.3, 0.4) is 0 Å². The third kappa shape index (κ3) is 3.13. The molecule has 2 aromatic carbocycles. The van der Waals surface area contributed by atoms with E-state index in [0.29, 0.717) is 5.56 Å². The first kappa shape index (κ1) is 14.8. The van der Waals surface area contributed by atoms with Gasteiger partial charge in [0.15, 0.2) is 0 Å². The lowest BCUT2D eigenvalue weighted by molar-refractivity contribution is -0.141. The molecule has 0 radical (unpaired) electrons. The van der Waals surface area contributed by atoms with Crippen LogP contribution in [0.15, 0.2) is 36.4 Å². The number of hydrogen-bond donors (Lipinski definition) is 0. The lowest BCUT2D eigenvalue weighted by atomic mass is 10.0. The summed E-state index contributed by atoms with van der Waals surface area (Å²) in [5.74, 6) is 0.0546. The molecule has 0 aliphatic carbocycles. The second-order valence-corrected chi connectivity index (χ2v) is 4.63. The van der Waals surface area contributed by atoms with E-state index in [1.807, 2.05) is 18.2 Å². The third-order valence-electron chi connectivity index (χ3n) is 3.26. The van der Waals surface area contributed by atoms with Crippen LogP contribution >= 0.6 is 0 Å². The topological polar surface area (TPSA) is 55.8 Å². The van der Waals surface area contributed by atoms with Crippen LogP contribution in [0.2, 0.25) is 0 Å². The second kappa shape index (κ2) is 6.26. The van der Waals surface area contributed by atoms with Gasteiger partial charge >= 0.3 is 5.97 Å². The van der Waals surface area contributed by atoms with Crippen molar-refractivity contribution >= 4 is 22.6 Å². The molecule has 5 nitrogen and oxygen atoms in total. The molecular formula is C16H17NO4. The van der Waals surface area contributed by atoms with E-state index in [2.05, 4.69) is 4.74 Å². The van der Waals surface area contributed by atoms with E-state index in [4.69, 9.17) is 4.74 Å². The number of likely N-dealkylation sites (N-methyl/N-ethyl adjacent to an activating group) is 1. The largest absolute Gasteiger partial charge is 0.497 e. The fourth-order valence-corrected chi connectivity index (χ4v) is 2.11. The number of benzene rings is 2. The van der Waals surface area contributed by atoms with Gasteiger partial charge in [-0.1, -0.05) is 12.1 Å². The molecule has 21 heavy (non-hydrogen) atoms. The van der Waals surface area contributed by atoms with Crippen molar-refractivity contribution in [3.8, 4) is 5.75 Å². The Kier molecular flexibility index (Phi) is 4.42. The molecule has 0 bridgehead atoms. The molecule has 0 saturated heterocycles. The van der Waals surface area contributed by atoms with Crippen molar-refractivity contribution in [2.45, 2.75) is 0 Å². The number of esters is 1. The highest BCUT2D eigenvalue weighted by Gasteiger charge is 2.17. The van der Waals surface area contributed by atoms with Gasteiger partial charge in [0.1, 0.15) is 12.3 Å². The summed E-state index contributed by atoms with van der Waals surface area (Å²) in [6.45, 7) is -0.0815. The molecule has 0 N–H and O–H groups in total. The van der Waals surface area contributed by atoms with Gasteiger partial charge in [0, 0.05) is 12.6 Å². The third-order valence-corrected chi connectivity index (χ3v) is 3.26. The normalized spacial score (nSPS) is 10.2. The minimum Gasteiger partial charge on any atom is -0.497 e. The SMILES string of the molecule is COC(=O)CN(C)C(=O)c1cccc2cc(OC)ccc12. The molecule has 1 amide bonds. The first-order valence-electron chi connectivity index (χ1n) is 6.46. The summed E-state index contributed by atoms with van der Waals surface area (Å²) in [5, 5.41) is 1.73. The number of fused-ring (bicyclic) bond motifs is 1. The lowest BCUT2D eigenvalue weighted by Gasteiger charge is -2.17. The van der Waals surface area contributed by atoms with Crippen molar-refractivity contribution in [1.29, 1.82) is 0 Å². The molecule has 5 heteroatoms. The molecule has 0 aromatic heterocycles. The van der Waals surface area contributed by atoms with Crippen LogP contribution in [0.4, 0.5) is 0 Å². The Hall–Kier alpha value is -2.56. The zero-order valence-electron chi connectivity index (χ0n) is 12.3. The standard InChI is InChI=1S/C16H17NO4/c1-17(10-15(18)21-3)16(19)14-6-4-5-11-9-12(20-2)7-8-13(11)14/h4-9H,10H2,1-3H3. The summed E-state index contributed by atoms with van der Waals surface area (Å²) in [7, 11) is 4.47. The average molecular weight is 287 g/mol. The maximum absolute atomic E-state index is 12.5. The highest BCUT2D eigenvalue weighted by atomic mass is 16.5. The summed E-state index contributed by atoms with van der Waals surface area (Å²) >= 11 is 0. The maximum Gasteiger partial charge on any atom is 0.325 e. The first-order chi connectivity index (χ1) is 10.1. The number of nitrogens with zero attached hydrogens (tertiary/aromatic N) is 1. The second-order valence-electron chi connectivity index (χ2n) is 4.63. The predicted molar refractivity (Wildman–Crippen MR) is 79.5 cm³/mol. The van der Waals surface area contributed by atoms with E-state index in [-0.39, 0.29) is 12.5 Å². The Morgan fingerprint density at radius 1 is 1.14 bits per heavy atom. The van der Waals surface area contributed by atoms with Crippen LogP contribution in [0.25, 0.3) is 10.8 Å². The van der Waals surface area contributed by atoms with Gasteiger partial charge in [-0.05, 0) is 35.0 Å². The number of carbonyl (C=O) groups is 2. The van der Waals surface area contributed by atoms with Crippen molar-refractivity contribution in [3.63, 3.8) is 0 Å². The van der Waals surface area contributed by atoms with Crippen molar-refractivity contribution in [2.24, 2.45) is 0 Å². The number of ether oxygens (including phenoxy) is 2. The summed E-state index contributed by atoms with van der Waals surface area (Å²) in [4.78, 5) is 25.1. The van der Waals surface area contributed by atoms with Crippen LogP contribution in [-0.4, -0.2) is 44.6 Å². The van der Waals surface area contributed by atoms with Gasteiger partial charge < -0.3 is 14.4 Å². The number of carbonyl (C=O) groups excluding carboxylic acids is 2. The van der Waals surface area contributed by atoms with Crippen molar-refractivity contribution in [3.05, 3.63) is 42.0 Å². The summed E-state index contributed by atoms with van der Waals surface area (Å²) in [6, 6.07) is 11.0. The van der Waals surface area contributed by atoms with Crippen LogP contribution in [0, 0.1) is 0 Å². The Morgan fingerprint density at radius 2 is 1.90 bits per heavy atom. The summed E-state index contributed by atoms with van der Waals surface area (Å²) in [6.07, 6.45) is 0. The Labute approximate surface area is 123 Å². The molecule has 0 heterocycles. The molecule has 0 aliphatic heterocycles. The summed E-state index contributed by atoms with van der Waals surface area (Å²) in [5.41, 5.74) is 0.543. The molecular weight excluding hydrogens is 270 g/mol. The predicted octanol–water partition coefficient (Wildman–Crippen LogP) is 2.09. The molecule has 0 unspecified atom stereocenters. The molecule has 0 saturated carbocycles. The number of amides is 1. The molecule has 2 rings (SSSR count). The van der Waals surface area contributed by atoms with Gasteiger partial charge in [0.25, 0.3) is 5.91 Å². The Balaban J connectivity index is 2.37. The molecule has 0 spiro atoms. The van der Waals surface area contributed by atoms with E-state index < -0.39 is 5.97 Å². The lowest BCUT2D eigenvalue weighted by Crippen LogP contribution is -2.32. The fraction of sp³-hybridized carbons (Fsp3) is 0.250. The highest BCUT2D eigenvalue weighted by Crippen LogP contribution is 2.24. The smallest absolute Gasteiger partial charge is 0.325 e. The van der Waals surface area contributed by atoms with Crippen molar-refractivity contribution in [1.82, 2.24) is 4.90 Å². The number of hydrogen-bond acceptors (Lipinski definition) is 4. The molecule has 0 atom stereocenters. The van der Waals surface area contributed by atoms with E-state index >= 15 is 0 Å². The van der Waals surface area contributed by atoms with Gasteiger partial charge in [-0.2, -0.15) is 0 Å². The highest BCUT2D eigenvalue weighted by molar-refractivity contribution is 6.07. The van der Waals surface area contributed by atoms with Crippen LogP contribution in [-0.2, 0) is 9.53 Å². The zero-order valence-corrected chi connectivity index (χ0v) is 12.3. The Bertz CT molecular complexity index is 681. The fourth-order valence-electron chi connectivity index (χ4n) is 2.11. The molecule has 110 valence electrons. The zero-order chi connectivity index (χ0) is 15.4. The summed E-state index contributed by atoms with van der Waals surface area (Å²) < 4.78 is 9.76. The molecule has 0 fully saturated rings. The van der Waals surface area contributed by atoms with Crippen LogP contribution in [0.5, 0.6) is 5.75 Å². The van der Waals surface area contributed by atoms with Crippen LogP contribution in [0.1, 0.15) is 10.4 Å². The van der Waals surface area contributed by atoms with E-state index in [0.717, 1.165) is 16.5 Å². The Morgan fingerprint density at radius 3 is 2.57 bits per heavy atom. The van der Waals surface area contributed by atoms with E-state index in [1.54, 1.807) is 32.4 Å². The van der Waals surface area contributed by atoms with Crippen molar-refractivity contribution < 1.29 is 19.1 Å². The number of methoxy groups -OCH3 is 2. The molecule has 0 aliphatic rings. The van der Waals surface area contributed by atoms with E-state index in [9.17, 15) is 9.59 Å². The van der Waals surface area contributed by atoms with Gasteiger partial charge in [-0.25, -0.2) is 0 Å². The van der Waals surface area contributed by atoms with Gasteiger partial charge in [0.05, 0.1) is 14.2 Å². The van der Waals surface area contributed by atoms with Gasteiger partial charge in [0.2, 0.25) is 0 Å².